The van der Waals surface area contributed by atoms with Gasteiger partial charge in [-0.2, -0.15) is 13.2 Å². The molecular weight excluding hydrogens is 286 g/mol. The molecule has 0 radical (unpaired) electrons. The number of alkyl halides is 3. The van der Waals surface area contributed by atoms with E-state index in [1.165, 1.54) is 0 Å². The lowest BCUT2D eigenvalue weighted by atomic mass is 10.0. The van der Waals surface area contributed by atoms with E-state index in [9.17, 15) is 17.6 Å². The Labute approximate surface area is 120 Å². The Balaban J connectivity index is 1.58. The van der Waals surface area contributed by atoms with Gasteiger partial charge in [-0.05, 0) is 49.9 Å². The third-order valence-electron chi connectivity index (χ3n) is 4.47. The number of benzene rings is 1. The van der Waals surface area contributed by atoms with E-state index in [-0.39, 0.29) is 18.3 Å². The van der Waals surface area contributed by atoms with E-state index in [2.05, 4.69) is 5.32 Å². The summed E-state index contributed by atoms with van der Waals surface area (Å²) in [5, 5.41) is 3.33. The quantitative estimate of drug-likeness (QED) is 0.865. The van der Waals surface area contributed by atoms with Crippen LogP contribution in [0.15, 0.2) is 18.2 Å². The number of halogens is 4. The molecule has 1 saturated heterocycles. The highest BCUT2D eigenvalue weighted by atomic mass is 19.4. The average molecular weight is 303 g/mol. The summed E-state index contributed by atoms with van der Waals surface area (Å²) in [6.07, 6.45) is -2.54. The lowest BCUT2D eigenvalue weighted by Gasteiger charge is -2.14. The van der Waals surface area contributed by atoms with Crippen molar-refractivity contribution in [2.75, 3.05) is 13.1 Å². The van der Waals surface area contributed by atoms with Crippen LogP contribution < -0.4 is 5.32 Å². The fraction of sp³-hybridized carbons (Fsp3) is 0.600. The molecule has 2 aliphatic rings. The van der Waals surface area contributed by atoms with Crippen LogP contribution in [0.4, 0.5) is 17.6 Å². The third kappa shape index (κ3) is 3.21. The molecule has 0 bridgehead atoms. The molecule has 0 spiro atoms. The molecule has 6 heteroatoms. The fourth-order valence-corrected chi connectivity index (χ4v) is 3.30. The summed E-state index contributed by atoms with van der Waals surface area (Å²) in [7, 11) is 0. The maximum Gasteiger partial charge on any atom is 0.416 e. The summed E-state index contributed by atoms with van der Waals surface area (Å²) < 4.78 is 56.8. The van der Waals surface area contributed by atoms with Crippen molar-refractivity contribution in [2.24, 2.45) is 11.8 Å². The van der Waals surface area contributed by atoms with Gasteiger partial charge >= 0.3 is 6.18 Å². The van der Waals surface area contributed by atoms with E-state index in [4.69, 9.17) is 4.74 Å². The van der Waals surface area contributed by atoms with E-state index in [1.54, 1.807) is 0 Å². The zero-order chi connectivity index (χ0) is 15.0. The van der Waals surface area contributed by atoms with Gasteiger partial charge in [-0.1, -0.05) is 6.07 Å². The van der Waals surface area contributed by atoms with Crippen LogP contribution in [0.2, 0.25) is 0 Å². The van der Waals surface area contributed by atoms with Crippen molar-refractivity contribution in [1.29, 1.82) is 0 Å². The highest BCUT2D eigenvalue weighted by Gasteiger charge is 2.37. The Kier molecular flexibility index (Phi) is 3.92. The van der Waals surface area contributed by atoms with Gasteiger partial charge in [0.05, 0.1) is 18.3 Å². The molecule has 2 nitrogen and oxygen atoms in total. The molecule has 21 heavy (non-hydrogen) atoms. The Morgan fingerprint density at radius 2 is 1.81 bits per heavy atom. The molecular formula is C15H17F4NO. The molecule has 1 aliphatic heterocycles. The van der Waals surface area contributed by atoms with Gasteiger partial charge in [0.1, 0.15) is 5.82 Å². The Hall–Kier alpha value is -1.14. The Bertz CT molecular complexity index is 505. The van der Waals surface area contributed by atoms with E-state index in [1.807, 2.05) is 0 Å². The van der Waals surface area contributed by atoms with Gasteiger partial charge in [-0.25, -0.2) is 4.39 Å². The summed E-state index contributed by atoms with van der Waals surface area (Å²) >= 11 is 0. The van der Waals surface area contributed by atoms with Crippen molar-refractivity contribution in [1.82, 2.24) is 5.32 Å². The number of hydrogen-bond donors (Lipinski definition) is 1. The first-order valence-electron chi connectivity index (χ1n) is 7.11. The summed E-state index contributed by atoms with van der Waals surface area (Å²) in [5.41, 5.74) is -0.789. The van der Waals surface area contributed by atoms with Crippen LogP contribution >= 0.6 is 0 Å². The maximum atomic E-state index is 13.7. The zero-order valence-electron chi connectivity index (χ0n) is 11.4. The van der Waals surface area contributed by atoms with Crippen LogP contribution in [0.5, 0.6) is 0 Å². The standard InChI is InChI=1S/C15H17F4NO/c16-14-5-12(15(17,18)19)2-1-9(14)8-21-13-3-10-6-20-7-11(10)4-13/h1-2,5,10-11,13,20H,3-4,6-8H2. The topological polar surface area (TPSA) is 21.3 Å². The first kappa shape index (κ1) is 14.8. The molecule has 1 heterocycles. The number of rotatable bonds is 3. The number of ether oxygens (including phenoxy) is 1. The van der Waals surface area contributed by atoms with Crippen molar-refractivity contribution >= 4 is 0 Å². The van der Waals surface area contributed by atoms with Gasteiger partial charge < -0.3 is 10.1 Å². The maximum absolute atomic E-state index is 13.7. The van der Waals surface area contributed by atoms with Crippen molar-refractivity contribution in [3.63, 3.8) is 0 Å². The molecule has 2 fully saturated rings. The van der Waals surface area contributed by atoms with Gasteiger partial charge in [0, 0.05) is 5.56 Å². The molecule has 0 amide bonds. The second kappa shape index (κ2) is 5.57. The highest BCUT2D eigenvalue weighted by Crippen LogP contribution is 2.36. The van der Waals surface area contributed by atoms with Crippen LogP contribution in [0.1, 0.15) is 24.0 Å². The van der Waals surface area contributed by atoms with E-state index in [0.29, 0.717) is 17.9 Å². The lowest BCUT2D eigenvalue weighted by Crippen LogP contribution is -2.16. The molecule has 0 aromatic heterocycles. The zero-order valence-corrected chi connectivity index (χ0v) is 11.4. The van der Waals surface area contributed by atoms with Crippen LogP contribution in [0.3, 0.4) is 0 Å². The fourth-order valence-electron chi connectivity index (χ4n) is 3.30. The minimum Gasteiger partial charge on any atom is -0.373 e. The van der Waals surface area contributed by atoms with Crippen LogP contribution in [0, 0.1) is 17.7 Å². The molecule has 1 aromatic rings. The monoisotopic (exact) mass is 303 g/mol. The summed E-state index contributed by atoms with van der Waals surface area (Å²) in [6, 6.07) is 2.59. The number of hydrogen-bond acceptors (Lipinski definition) is 2. The van der Waals surface area contributed by atoms with Crippen molar-refractivity contribution in [2.45, 2.75) is 31.7 Å². The van der Waals surface area contributed by atoms with Crippen molar-refractivity contribution < 1.29 is 22.3 Å². The molecule has 1 N–H and O–H groups in total. The summed E-state index contributed by atoms with van der Waals surface area (Å²) in [4.78, 5) is 0. The van der Waals surface area contributed by atoms with Crippen molar-refractivity contribution in [3.8, 4) is 0 Å². The van der Waals surface area contributed by atoms with Crippen molar-refractivity contribution in [3.05, 3.63) is 35.1 Å². The second-order valence-corrected chi connectivity index (χ2v) is 5.89. The van der Waals surface area contributed by atoms with E-state index < -0.39 is 17.6 Å². The number of nitrogens with one attached hydrogen (secondary N) is 1. The van der Waals surface area contributed by atoms with Gasteiger partial charge in [0.15, 0.2) is 0 Å². The molecule has 116 valence electrons. The molecule has 2 atom stereocenters. The van der Waals surface area contributed by atoms with Gasteiger partial charge in [0.2, 0.25) is 0 Å². The van der Waals surface area contributed by atoms with E-state index in [0.717, 1.165) is 38.1 Å². The van der Waals surface area contributed by atoms with Gasteiger partial charge in [-0.3, -0.25) is 0 Å². The smallest absolute Gasteiger partial charge is 0.373 e. The lowest BCUT2D eigenvalue weighted by molar-refractivity contribution is -0.137. The number of fused-ring (bicyclic) bond motifs is 1. The van der Waals surface area contributed by atoms with Gasteiger partial charge in [-0.15, -0.1) is 0 Å². The minimum atomic E-state index is -4.52. The average Bonchev–Trinajstić information content (AvgIpc) is 2.96. The Morgan fingerprint density at radius 1 is 1.14 bits per heavy atom. The van der Waals surface area contributed by atoms with Crippen LogP contribution in [-0.4, -0.2) is 19.2 Å². The minimum absolute atomic E-state index is 0.0293. The predicted octanol–water partition coefficient (Wildman–Crippen LogP) is 3.36. The van der Waals surface area contributed by atoms with E-state index >= 15 is 0 Å². The molecule has 2 unspecified atom stereocenters. The normalized spacial score (nSPS) is 28.9. The molecule has 1 aliphatic carbocycles. The second-order valence-electron chi connectivity index (χ2n) is 5.89. The van der Waals surface area contributed by atoms with Crippen LogP contribution in [-0.2, 0) is 17.5 Å². The summed E-state index contributed by atoms with van der Waals surface area (Å²) in [5.74, 6) is 0.379. The van der Waals surface area contributed by atoms with Crippen LogP contribution in [0.25, 0.3) is 0 Å². The van der Waals surface area contributed by atoms with Gasteiger partial charge in [0.25, 0.3) is 0 Å². The summed E-state index contributed by atoms with van der Waals surface area (Å²) in [6.45, 7) is 2.03. The molecule has 1 saturated carbocycles. The highest BCUT2D eigenvalue weighted by molar-refractivity contribution is 5.26. The first-order chi connectivity index (χ1) is 9.93. The largest absolute Gasteiger partial charge is 0.416 e. The SMILES string of the molecule is Fc1cc(C(F)(F)F)ccc1COC1CC2CNCC2C1. The third-order valence-corrected chi connectivity index (χ3v) is 4.47. The Morgan fingerprint density at radius 3 is 2.38 bits per heavy atom. The molecule has 3 rings (SSSR count). The first-order valence-corrected chi connectivity index (χ1v) is 7.11. The molecule has 1 aromatic carbocycles. The predicted molar refractivity (Wildman–Crippen MR) is 69.1 cm³/mol.